The van der Waals surface area contributed by atoms with Crippen molar-refractivity contribution in [1.82, 2.24) is 20.6 Å². The number of guanidine groups is 1. The zero-order valence-corrected chi connectivity index (χ0v) is 20.0. The second-order valence-corrected chi connectivity index (χ2v) is 7.56. The van der Waals surface area contributed by atoms with Gasteiger partial charge in [0.25, 0.3) is 0 Å². The van der Waals surface area contributed by atoms with E-state index in [1.165, 1.54) is 4.88 Å². The molecule has 0 amide bonds. The van der Waals surface area contributed by atoms with Crippen molar-refractivity contribution in [3.63, 3.8) is 0 Å². The first kappa shape index (κ1) is 23.1. The third kappa shape index (κ3) is 7.28. The summed E-state index contributed by atoms with van der Waals surface area (Å²) in [5.74, 6) is 1.59. The molecule has 0 spiro atoms. The van der Waals surface area contributed by atoms with Crippen LogP contribution in [0.4, 0.5) is 0 Å². The Morgan fingerprint density at radius 1 is 1.07 bits per heavy atom. The molecule has 29 heavy (non-hydrogen) atoms. The van der Waals surface area contributed by atoms with Gasteiger partial charge in [-0.25, -0.2) is 4.98 Å². The van der Waals surface area contributed by atoms with Crippen molar-refractivity contribution in [3.05, 3.63) is 75.5 Å². The highest BCUT2D eigenvalue weighted by Gasteiger charge is 2.06. The van der Waals surface area contributed by atoms with E-state index in [9.17, 15) is 0 Å². The van der Waals surface area contributed by atoms with Crippen molar-refractivity contribution >= 4 is 41.3 Å². The van der Waals surface area contributed by atoms with Gasteiger partial charge in [0, 0.05) is 24.7 Å². The van der Waals surface area contributed by atoms with E-state index in [-0.39, 0.29) is 24.0 Å². The molecule has 1 aromatic carbocycles. The minimum atomic E-state index is 0. The largest absolute Gasteiger partial charge is 0.487 e. The van der Waals surface area contributed by atoms with Crippen LogP contribution in [0.15, 0.2) is 53.7 Å². The number of ether oxygens (including phenoxy) is 1. The Hall–Kier alpha value is -2.20. The Morgan fingerprint density at radius 3 is 2.45 bits per heavy atom. The van der Waals surface area contributed by atoms with E-state index in [1.54, 1.807) is 24.6 Å². The van der Waals surface area contributed by atoms with Crippen molar-refractivity contribution in [2.45, 2.75) is 33.5 Å². The minimum Gasteiger partial charge on any atom is -0.487 e. The summed E-state index contributed by atoms with van der Waals surface area (Å²) in [4.78, 5) is 14.2. The summed E-state index contributed by atoms with van der Waals surface area (Å²) in [6.45, 7) is 5.93. The molecule has 0 aliphatic carbocycles. The molecule has 3 aromatic rings. The summed E-state index contributed by atoms with van der Waals surface area (Å²) in [6, 6.07) is 13.8. The fourth-order valence-electron chi connectivity index (χ4n) is 2.65. The van der Waals surface area contributed by atoms with Crippen LogP contribution in [0.5, 0.6) is 5.75 Å². The van der Waals surface area contributed by atoms with Crippen LogP contribution in [0.2, 0.25) is 0 Å². The van der Waals surface area contributed by atoms with E-state index in [4.69, 9.17) is 4.74 Å². The lowest BCUT2D eigenvalue weighted by molar-refractivity contribution is 0.301. The summed E-state index contributed by atoms with van der Waals surface area (Å²) in [7, 11) is 1.77. The van der Waals surface area contributed by atoms with Crippen LogP contribution in [0.3, 0.4) is 0 Å². The van der Waals surface area contributed by atoms with Gasteiger partial charge >= 0.3 is 0 Å². The van der Waals surface area contributed by atoms with Gasteiger partial charge in [-0.3, -0.25) is 9.98 Å². The zero-order valence-electron chi connectivity index (χ0n) is 16.8. The molecular weight excluding hydrogens is 497 g/mol. The average molecular weight is 523 g/mol. The quantitative estimate of drug-likeness (QED) is 0.276. The smallest absolute Gasteiger partial charge is 0.191 e. The first-order valence-corrected chi connectivity index (χ1v) is 9.95. The van der Waals surface area contributed by atoms with Crippen molar-refractivity contribution in [2.75, 3.05) is 7.05 Å². The average Bonchev–Trinajstić information content (AvgIpc) is 3.05. The van der Waals surface area contributed by atoms with Crippen LogP contribution in [0.1, 0.15) is 26.8 Å². The Balaban J connectivity index is 0.00000300. The lowest BCUT2D eigenvalue weighted by Crippen LogP contribution is -2.36. The number of pyridine rings is 1. The van der Waals surface area contributed by atoms with E-state index in [2.05, 4.69) is 25.6 Å². The predicted octanol–water partition coefficient (Wildman–Crippen LogP) is 4.22. The van der Waals surface area contributed by atoms with Gasteiger partial charge in [0.15, 0.2) is 5.96 Å². The van der Waals surface area contributed by atoms with Crippen molar-refractivity contribution in [3.8, 4) is 5.75 Å². The molecular formula is C21H26IN5OS. The summed E-state index contributed by atoms with van der Waals surface area (Å²) in [6.07, 6.45) is 1.77. The van der Waals surface area contributed by atoms with E-state index >= 15 is 0 Å². The zero-order chi connectivity index (χ0) is 19.8. The van der Waals surface area contributed by atoms with Crippen LogP contribution in [-0.2, 0) is 19.7 Å². The molecule has 2 heterocycles. The monoisotopic (exact) mass is 523 g/mol. The molecule has 0 fully saturated rings. The van der Waals surface area contributed by atoms with Crippen LogP contribution >= 0.6 is 35.3 Å². The highest BCUT2D eigenvalue weighted by molar-refractivity contribution is 14.0. The number of halogens is 1. The van der Waals surface area contributed by atoms with Crippen LogP contribution in [-0.4, -0.2) is 23.0 Å². The summed E-state index contributed by atoms with van der Waals surface area (Å²) >= 11 is 1.71. The SMILES string of the molecule is CN=C(NCc1ccc(OCc2ccccn2)cc1)NCc1sc(C)nc1C.I. The summed E-state index contributed by atoms with van der Waals surface area (Å²) in [5.41, 5.74) is 3.14. The first-order chi connectivity index (χ1) is 13.6. The minimum absolute atomic E-state index is 0. The maximum atomic E-state index is 5.77. The number of rotatable bonds is 7. The van der Waals surface area contributed by atoms with Gasteiger partial charge in [0.2, 0.25) is 0 Å². The Morgan fingerprint density at radius 2 is 1.83 bits per heavy atom. The fourth-order valence-corrected chi connectivity index (χ4v) is 3.53. The highest BCUT2D eigenvalue weighted by Crippen LogP contribution is 2.16. The third-order valence-corrected chi connectivity index (χ3v) is 5.21. The topological polar surface area (TPSA) is 71.4 Å². The van der Waals surface area contributed by atoms with Crippen molar-refractivity contribution in [1.29, 1.82) is 0 Å². The van der Waals surface area contributed by atoms with E-state index in [0.29, 0.717) is 13.2 Å². The molecule has 3 rings (SSSR count). The fraction of sp³-hybridized carbons (Fsp3) is 0.286. The molecule has 0 saturated heterocycles. The number of hydrogen-bond donors (Lipinski definition) is 2. The molecule has 8 heteroatoms. The van der Waals surface area contributed by atoms with E-state index in [0.717, 1.165) is 40.2 Å². The first-order valence-electron chi connectivity index (χ1n) is 9.13. The number of benzene rings is 1. The highest BCUT2D eigenvalue weighted by atomic mass is 127. The van der Waals surface area contributed by atoms with Gasteiger partial charge < -0.3 is 15.4 Å². The second-order valence-electron chi connectivity index (χ2n) is 6.27. The molecule has 0 saturated carbocycles. The number of aryl methyl sites for hydroxylation is 2. The summed E-state index contributed by atoms with van der Waals surface area (Å²) < 4.78 is 5.77. The third-order valence-electron chi connectivity index (χ3n) is 4.14. The van der Waals surface area contributed by atoms with E-state index < -0.39 is 0 Å². The van der Waals surface area contributed by atoms with Gasteiger partial charge in [0.05, 0.1) is 22.9 Å². The second kappa shape index (κ2) is 11.7. The van der Waals surface area contributed by atoms with E-state index in [1.807, 2.05) is 56.3 Å². The van der Waals surface area contributed by atoms with Crippen molar-refractivity contribution < 1.29 is 4.74 Å². The molecule has 2 N–H and O–H groups in total. The number of nitrogens with zero attached hydrogens (tertiary/aromatic N) is 3. The number of nitrogens with one attached hydrogen (secondary N) is 2. The molecule has 0 aliphatic rings. The lowest BCUT2D eigenvalue weighted by Gasteiger charge is -2.12. The van der Waals surface area contributed by atoms with Gasteiger partial charge in [0.1, 0.15) is 12.4 Å². The number of thiazole rings is 1. The Kier molecular flexibility index (Phi) is 9.33. The lowest BCUT2D eigenvalue weighted by atomic mass is 10.2. The maximum Gasteiger partial charge on any atom is 0.191 e. The molecule has 0 bridgehead atoms. The number of aromatic nitrogens is 2. The van der Waals surface area contributed by atoms with Gasteiger partial charge in [-0.15, -0.1) is 35.3 Å². The van der Waals surface area contributed by atoms with Crippen LogP contribution in [0.25, 0.3) is 0 Å². The van der Waals surface area contributed by atoms with Crippen molar-refractivity contribution in [2.24, 2.45) is 4.99 Å². The standard InChI is InChI=1S/C21H25N5OS.HI/c1-15-20(28-16(2)26-15)13-25-21(22-3)24-12-17-7-9-19(10-8-17)27-14-18-6-4-5-11-23-18;/h4-11H,12-14H2,1-3H3,(H2,22,24,25);1H. The molecule has 0 radical (unpaired) electrons. The molecule has 0 aliphatic heterocycles. The maximum absolute atomic E-state index is 5.77. The molecule has 2 aromatic heterocycles. The molecule has 0 atom stereocenters. The van der Waals surface area contributed by atoms with Crippen LogP contribution < -0.4 is 15.4 Å². The van der Waals surface area contributed by atoms with Gasteiger partial charge in [-0.1, -0.05) is 18.2 Å². The Labute approximate surface area is 192 Å². The molecule has 6 nitrogen and oxygen atoms in total. The summed E-state index contributed by atoms with van der Waals surface area (Å²) in [5, 5.41) is 7.76. The van der Waals surface area contributed by atoms with Gasteiger partial charge in [-0.05, 0) is 43.7 Å². The predicted molar refractivity (Wildman–Crippen MR) is 129 cm³/mol. The number of aliphatic imine (C=N–C) groups is 1. The normalized spacial score (nSPS) is 10.9. The van der Waals surface area contributed by atoms with Crippen LogP contribution in [0, 0.1) is 13.8 Å². The molecule has 154 valence electrons. The Bertz CT molecular complexity index is 913. The van der Waals surface area contributed by atoms with Gasteiger partial charge in [-0.2, -0.15) is 0 Å². The number of hydrogen-bond acceptors (Lipinski definition) is 5. The molecule has 0 unspecified atom stereocenters.